The quantitative estimate of drug-likeness (QED) is 0.764. The summed E-state index contributed by atoms with van der Waals surface area (Å²) in [5.41, 5.74) is -1.14. The zero-order chi connectivity index (χ0) is 14.6. The van der Waals surface area contributed by atoms with Gasteiger partial charge >= 0.3 is 5.97 Å². The van der Waals surface area contributed by atoms with Crippen LogP contribution in [0, 0.1) is 5.92 Å². The number of aliphatic hydroxyl groups excluding tert-OH is 1. The van der Waals surface area contributed by atoms with Crippen LogP contribution in [0.1, 0.15) is 40.5 Å². The first-order valence-electron chi connectivity index (χ1n) is 7.08. The standard InChI is InChI=1S/C14H27NO4/c1-10(2)9-15-7-5-14(6-8-15,13(17)18)19-12(4)11(3)16/h10-12,16H,5-9H2,1-4H3,(H,17,18). The van der Waals surface area contributed by atoms with Gasteiger partial charge in [0.2, 0.25) is 0 Å². The molecule has 0 aliphatic carbocycles. The molecule has 1 aliphatic rings. The maximum Gasteiger partial charge on any atom is 0.336 e. The number of carboxylic acids is 1. The first-order valence-corrected chi connectivity index (χ1v) is 7.08. The minimum Gasteiger partial charge on any atom is -0.479 e. The second-order valence-electron chi connectivity index (χ2n) is 6.06. The first kappa shape index (κ1) is 16.4. The van der Waals surface area contributed by atoms with Gasteiger partial charge in [-0.2, -0.15) is 0 Å². The van der Waals surface area contributed by atoms with Crippen LogP contribution >= 0.6 is 0 Å². The number of hydrogen-bond acceptors (Lipinski definition) is 4. The lowest BCUT2D eigenvalue weighted by Crippen LogP contribution is -2.53. The van der Waals surface area contributed by atoms with Crippen molar-refractivity contribution >= 4 is 5.97 Å². The molecule has 0 amide bonds. The summed E-state index contributed by atoms with van der Waals surface area (Å²) in [6.07, 6.45) is -0.171. The Kier molecular flexibility index (Phi) is 5.77. The average Bonchev–Trinajstić information content (AvgIpc) is 2.30. The van der Waals surface area contributed by atoms with Gasteiger partial charge < -0.3 is 19.8 Å². The monoisotopic (exact) mass is 273 g/mol. The number of hydrogen-bond donors (Lipinski definition) is 2. The summed E-state index contributed by atoms with van der Waals surface area (Å²) in [6, 6.07) is 0. The Labute approximate surface area is 115 Å². The fourth-order valence-corrected chi connectivity index (χ4v) is 2.45. The van der Waals surface area contributed by atoms with Crippen molar-refractivity contribution in [2.75, 3.05) is 19.6 Å². The molecule has 1 rings (SSSR count). The van der Waals surface area contributed by atoms with E-state index in [0.29, 0.717) is 18.8 Å². The molecule has 0 aromatic rings. The van der Waals surface area contributed by atoms with Crippen molar-refractivity contribution in [2.24, 2.45) is 5.92 Å². The third-order valence-electron chi connectivity index (χ3n) is 3.77. The van der Waals surface area contributed by atoms with Crippen LogP contribution in [0.3, 0.4) is 0 Å². The van der Waals surface area contributed by atoms with E-state index in [4.69, 9.17) is 4.74 Å². The van der Waals surface area contributed by atoms with Crippen LogP contribution in [0.4, 0.5) is 0 Å². The third-order valence-corrected chi connectivity index (χ3v) is 3.77. The minimum atomic E-state index is -1.14. The molecule has 0 bridgehead atoms. The average molecular weight is 273 g/mol. The topological polar surface area (TPSA) is 70.0 Å². The van der Waals surface area contributed by atoms with Gasteiger partial charge in [-0.1, -0.05) is 13.8 Å². The second kappa shape index (κ2) is 6.68. The van der Waals surface area contributed by atoms with E-state index in [9.17, 15) is 15.0 Å². The largest absolute Gasteiger partial charge is 0.479 e. The van der Waals surface area contributed by atoms with Gasteiger partial charge in [-0.3, -0.25) is 0 Å². The molecular formula is C14H27NO4. The summed E-state index contributed by atoms with van der Waals surface area (Å²) in [7, 11) is 0. The van der Waals surface area contributed by atoms with Crippen LogP contribution in [-0.4, -0.2) is 58.5 Å². The smallest absolute Gasteiger partial charge is 0.336 e. The SMILES string of the molecule is CC(C)CN1CCC(OC(C)C(C)O)(C(=O)O)CC1. The van der Waals surface area contributed by atoms with Gasteiger partial charge in [0.05, 0.1) is 12.2 Å². The van der Waals surface area contributed by atoms with Crippen LogP contribution in [0.25, 0.3) is 0 Å². The van der Waals surface area contributed by atoms with E-state index in [-0.39, 0.29) is 0 Å². The molecule has 1 heterocycles. The summed E-state index contributed by atoms with van der Waals surface area (Å²) in [6.45, 7) is 10.1. The van der Waals surface area contributed by atoms with E-state index in [0.717, 1.165) is 19.6 Å². The Morgan fingerprint density at radius 3 is 2.16 bits per heavy atom. The number of rotatable bonds is 6. The summed E-state index contributed by atoms with van der Waals surface area (Å²) in [5, 5.41) is 19.0. The van der Waals surface area contributed by atoms with Crippen LogP contribution in [0.15, 0.2) is 0 Å². The molecule has 19 heavy (non-hydrogen) atoms. The van der Waals surface area contributed by atoms with Crippen molar-refractivity contribution in [3.05, 3.63) is 0 Å². The van der Waals surface area contributed by atoms with Gasteiger partial charge in [-0.05, 0) is 32.6 Å². The number of nitrogens with zero attached hydrogens (tertiary/aromatic N) is 1. The Morgan fingerprint density at radius 1 is 1.26 bits per heavy atom. The van der Waals surface area contributed by atoms with Crippen molar-refractivity contribution in [1.29, 1.82) is 0 Å². The fraction of sp³-hybridized carbons (Fsp3) is 0.929. The number of carboxylic acid groups (broad SMARTS) is 1. The van der Waals surface area contributed by atoms with Crippen LogP contribution in [0.5, 0.6) is 0 Å². The maximum atomic E-state index is 11.5. The zero-order valence-corrected chi connectivity index (χ0v) is 12.4. The molecule has 2 atom stereocenters. The number of likely N-dealkylation sites (tertiary alicyclic amines) is 1. The lowest BCUT2D eigenvalue weighted by atomic mass is 9.90. The van der Waals surface area contributed by atoms with Gasteiger partial charge in [0.25, 0.3) is 0 Å². The van der Waals surface area contributed by atoms with Crippen molar-refractivity contribution < 1.29 is 19.7 Å². The Morgan fingerprint density at radius 2 is 1.79 bits per heavy atom. The highest BCUT2D eigenvalue weighted by Gasteiger charge is 2.44. The number of ether oxygens (including phenoxy) is 1. The zero-order valence-electron chi connectivity index (χ0n) is 12.4. The van der Waals surface area contributed by atoms with E-state index in [1.807, 2.05) is 0 Å². The van der Waals surface area contributed by atoms with Crippen molar-refractivity contribution in [3.8, 4) is 0 Å². The van der Waals surface area contributed by atoms with Crippen molar-refractivity contribution in [3.63, 3.8) is 0 Å². The maximum absolute atomic E-state index is 11.5. The highest BCUT2D eigenvalue weighted by Crippen LogP contribution is 2.29. The predicted octanol–water partition coefficient (Wildman–Crippen LogP) is 1.35. The number of piperidine rings is 1. The lowest BCUT2D eigenvalue weighted by Gasteiger charge is -2.41. The fourth-order valence-electron chi connectivity index (χ4n) is 2.45. The van der Waals surface area contributed by atoms with E-state index >= 15 is 0 Å². The Bertz CT molecular complexity index is 296. The van der Waals surface area contributed by atoms with E-state index in [2.05, 4.69) is 18.7 Å². The molecule has 5 heteroatoms. The van der Waals surface area contributed by atoms with Gasteiger partial charge in [-0.25, -0.2) is 4.79 Å². The molecule has 0 radical (unpaired) electrons. The molecule has 0 aromatic heterocycles. The van der Waals surface area contributed by atoms with E-state index in [1.165, 1.54) is 0 Å². The molecule has 1 aliphatic heterocycles. The Balaban J connectivity index is 2.64. The van der Waals surface area contributed by atoms with E-state index < -0.39 is 23.8 Å². The predicted molar refractivity (Wildman–Crippen MR) is 73.1 cm³/mol. The first-order chi connectivity index (χ1) is 8.77. The molecule has 1 saturated heterocycles. The molecule has 0 spiro atoms. The summed E-state index contributed by atoms with van der Waals surface area (Å²) >= 11 is 0. The summed E-state index contributed by atoms with van der Waals surface area (Å²) < 4.78 is 5.68. The van der Waals surface area contributed by atoms with Gasteiger partial charge in [0.1, 0.15) is 0 Å². The third kappa shape index (κ3) is 4.44. The van der Waals surface area contributed by atoms with Crippen molar-refractivity contribution in [1.82, 2.24) is 4.90 Å². The van der Waals surface area contributed by atoms with Gasteiger partial charge in [-0.15, -0.1) is 0 Å². The molecule has 0 saturated carbocycles. The molecule has 2 unspecified atom stereocenters. The van der Waals surface area contributed by atoms with Crippen LogP contribution in [0.2, 0.25) is 0 Å². The molecule has 2 N–H and O–H groups in total. The molecular weight excluding hydrogens is 246 g/mol. The normalized spacial score (nSPS) is 23.3. The molecule has 112 valence electrons. The van der Waals surface area contributed by atoms with Crippen LogP contribution in [-0.2, 0) is 9.53 Å². The Hall–Kier alpha value is -0.650. The van der Waals surface area contributed by atoms with Gasteiger partial charge in [0, 0.05) is 19.6 Å². The highest BCUT2D eigenvalue weighted by atomic mass is 16.5. The molecule has 0 aromatic carbocycles. The van der Waals surface area contributed by atoms with Crippen molar-refractivity contribution in [2.45, 2.75) is 58.3 Å². The highest BCUT2D eigenvalue weighted by molar-refractivity contribution is 5.77. The lowest BCUT2D eigenvalue weighted by molar-refractivity contribution is -0.189. The number of carbonyl (C=O) groups is 1. The summed E-state index contributed by atoms with van der Waals surface area (Å²) in [5.74, 6) is -0.334. The van der Waals surface area contributed by atoms with E-state index in [1.54, 1.807) is 13.8 Å². The van der Waals surface area contributed by atoms with Gasteiger partial charge in [0.15, 0.2) is 5.60 Å². The number of aliphatic hydroxyl groups is 1. The minimum absolute atomic E-state index is 0.465. The van der Waals surface area contributed by atoms with Crippen LogP contribution < -0.4 is 0 Å². The molecule has 1 fully saturated rings. The molecule has 5 nitrogen and oxygen atoms in total. The second-order valence-corrected chi connectivity index (χ2v) is 6.06. The number of aliphatic carboxylic acids is 1. The summed E-state index contributed by atoms with van der Waals surface area (Å²) in [4.78, 5) is 13.8.